The van der Waals surface area contributed by atoms with Crippen LogP contribution in [-0.4, -0.2) is 31.4 Å². The lowest BCUT2D eigenvalue weighted by molar-refractivity contribution is -0.140. The van der Waals surface area contributed by atoms with E-state index in [1.54, 1.807) is 4.57 Å². The van der Waals surface area contributed by atoms with Crippen molar-refractivity contribution >= 4 is 17.4 Å². The molecular weight excluding hydrogens is 473 g/mol. The second kappa shape index (κ2) is 9.03. The molecule has 184 valence electrons. The molecule has 35 heavy (non-hydrogen) atoms. The van der Waals surface area contributed by atoms with E-state index in [2.05, 4.69) is 22.0 Å². The molecule has 0 bridgehead atoms. The van der Waals surface area contributed by atoms with Crippen LogP contribution in [0.5, 0.6) is 0 Å². The third-order valence-electron chi connectivity index (χ3n) is 6.93. The summed E-state index contributed by atoms with van der Waals surface area (Å²) in [6.45, 7) is 7.23. The maximum atomic E-state index is 13.7. The van der Waals surface area contributed by atoms with Crippen molar-refractivity contribution in [1.82, 2.24) is 18.9 Å². The predicted molar refractivity (Wildman–Crippen MR) is 132 cm³/mol. The molecule has 1 aliphatic heterocycles. The number of alkyl halides is 3. The Labute approximate surface area is 208 Å². The van der Waals surface area contributed by atoms with E-state index in [-0.39, 0.29) is 5.78 Å². The second-order valence-corrected chi connectivity index (χ2v) is 9.93. The lowest BCUT2D eigenvalue weighted by Gasteiger charge is -2.24. The quantitative estimate of drug-likeness (QED) is 0.297. The summed E-state index contributed by atoms with van der Waals surface area (Å²) in [5, 5.41) is 0.404. The number of hydrogen-bond acceptors (Lipinski definition) is 2. The predicted octanol–water partition coefficient (Wildman–Crippen LogP) is 6.93. The lowest BCUT2D eigenvalue weighted by Crippen LogP contribution is -2.31. The number of rotatable bonds is 5. The summed E-state index contributed by atoms with van der Waals surface area (Å²) < 4.78 is 44.2. The van der Waals surface area contributed by atoms with Crippen molar-refractivity contribution < 1.29 is 13.2 Å². The van der Waals surface area contributed by atoms with Crippen LogP contribution in [0.3, 0.4) is 0 Å². The van der Waals surface area contributed by atoms with Gasteiger partial charge in [0, 0.05) is 18.8 Å². The van der Waals surface area contributed by atoms with Crippen molar-refractivity contribution in [3.05, 3.63) is 87.5 Å². The van der Waals surface area contributed by atoms with Gasteiger partial charge in [0.05, 0.1) is 11.4 Å². The molecule has 1 atom stereocenters. The number of halogens is 4. The molecule has 2 aromatic heterocycles. The SMILES string of the molecule is Cc1cc(C)c(-n2c(Cl)c(CN3CCCC3Cc3ccccc3)n3cc(C(F)(F)F)nc23)c(C)c1. The Kier molecular flexibility index (Phi) is 6.18. The first kappa shape index (κ1) is 23.9. The minimum absolute atomic E-state index is 0.186. The number of fused-ring (bicyclic) bond motifs is 1. The van der Waals surface area contributed by atoms with Crippen LogP contribution in [-0.2, 0) is 19.1 Å². The number of imidazole rings is 2. The molecule has 1 fully saturated rings. The van der Waals surface area contributed by atoms with Crippen LogP contribution in [0.1, 0.15) is 46.5 Å². The lowest BCUT2D eigenvalue weighted by atomic mass is 10.0. The highest BCUT2D eigenvalue weighted by molar-refractivity contribution is 6.30. The number of nitrogens with zero attached hydrogens (tertiary/aromatic N) is 4. The third kappa shape index (κ3) is 4.47. The van der Waals surface area contributed by atoms with Crippen molar-refractivity contribution in [3.63, 3.8) is 0 Å². The van der Waals surface area contributed by atoms with Gasteiger partial charge in [-0.1, -0.05) is 59.6 Å². The highest BCUT2D eigenvalue weighted by Crippen LogP contribution is 2.36. The Hall–Kier alpha value is -2.77. The zero-order valence-electron chi connectivity index (χ0n) is 20.0. The summed E-state index contributed by atoms with van der Waals surface area (Å²) in [5.74, 6) is 0.186. The summed E-state index contributed by atoms with van der Waals surface area (Å²) in [6.07, 6.45) is -0.469. The maximum absolute atomic E-state index is 13.7. The second-order valence-electron chi connectivity index (χ2n) is 9.57. The molecule has 1 unspecified atom stereocenters. The van der Waals surface area contributed by atoms with Gasteiger partial charge in [-0.25, -0.2) is 4.98 Å². The molecule has 4 aromatic rings. The highest BCUT2D eigenvalue weighted by Gasteiger charge is 2.36. The average molecular weight is 501 g/mol. The first-order valence-corrected chi connectivity index (χ1v) is 12.2. The fraction of sp³-hybridized carbons (Fsp3) is 0.370. The van der Waals surface area contributed by atoms with Gasteiger partial charge in [-0.05, 0) is 63.3 Å². The number of aromatic nitrogens is 3. The van der Waals surface area contributed by atoms with E-state index in [0.29, 0.717) is 23.4 Å². The molecule has 0 amide bonds. The number of benzene rings is 2. The van der Waals surface area contributed by atoms with Gasteiger partial charge in [0.25, 0.3) is 0 Å². The summed E-state index contributed by atoms with van der Waals surface area (Å²) in [5.41, 5.74) is 4.71. The van der Waals surface area contributed by atoms with E-state index < -0.39 is 11.9 Å². The molecule has 1 aliphatic rings. The van der Waals surface area contributed by atoms with Crippen LogP contribution >= 0.6 is 11.6 Å². The molecule has 1 saturated heterocycles. The number of aryl methyl sites for hydroxylation is 3. The minimum Gasteiger partial charge on any atom is -0.294 e. The third-order valence-corrected chi connectivity index (χ3v) is 7.32. The van der Waals surface area contributed by atoms with Crippen LogP contribution < -0.4 is 0 Å². The molecule has 0 aliphatic carbocycles. The van der Waals surface area contributed by atoms with Crippen LogP contribution in [0.25, 0.3) is 11.5 Å². The molecule has 3 heterocycles. The van der Waals surface area contributed by atoms with Crippen LogP contribution in [0, 0.1) is 20.8 Å². The van der Waals surface area contributed by atoms with Crippen molar-refractivity contribution in [2.75, 3.05) is 6.54 Å². The molecule has 0 radical (unpaired) electrons. The van der Waals surface area contributed by atoms with Gasteiger partial charge in [-0.3, -0.25) is 13.9 Å². The first-order valence-electron chi connectivity index (χ1n) is 11.8. The summed E-state index contributed by atoms with van der Waals surface area (Å²) in [7, 11) is 0. The highest BCUT2D eigenvalue weighted by atomic mass is 35.5. The zero-order chi connectivity index (χ0) is 24.9. The maximum Gasteiger partial charge on any atom is 0.434 e. The van der Waals surface area contributed by atoms with Gasteiger partial charge in [-0.2, -0.15) is 13.2 Å². The van der Waals surface area contributed by atoms with Crippen molar-refractivity contribution in [3.8, 4) is 5.69 Å². The van der Waals surface area contributed by atoms with Gasteiger partial charge < -0.3 is 0 Å². The monoisotopic (exact) mass is 500 g/mol. The van der Waals surface area contributed by atoms with Crippen LogP contribution in [0.2, 0.25) is 5.15 Å². The van der Waals surface area contributed by atoms with Gasteiger partial charge >= 0.3 is 6.18 Å². The fourth-order valence-electron chi connectivity index (χ4n) is 5.46. The van der Waals surface area contributed by atoms with Gasteiger partial charge in [0.15, 0.2) is 5.69 Å². The Morgan fingerprint density at radius 3 is 2.40 bits per heavy atom. The topological polar surface area (TPSA) is 25.5 Å². The normalized spacial score (nSPS) is 17.1. The Morgan fingerprint density at radius 2 is 1.74 bits per heavy atom. The molecule has 2 aromatic carbocycles. The van der Waals surface area contributed by atoms with Gasteiger partial charge in [0.2, 0.25) is 5.78 Å². The van der Waals surface area contributed by atoms with Crippen LogP contribution in [0.15, 0.2) is 48.7 Å². The van der Waals surface area contributed by atoms with Gasteiger partial charge in [0.1, 0.15) is 5.15 Å². The Balaban J connectivity index is 1.60. The van der Waals surface area contributed by atoms with E-state index >= 15 is 0 Å². The Morgan fingerprint density at radius 1 is 1.06 bits per heavy atom. The first-order chi connectivity index (χ1) is 16.6. The van der Waals surface area contributed by atoms with E-state index in [0.717, 1.165) is 54.4 Å². The Bertz CT molecular complexity index is 1350. The van der Waals surface area contributed by atoms with E-state index in [1.807, 2.05) is 51.1 Å². The smallest absolute Gasteiger partial charge is 0.294 e. The molecule has 8 heteroatoms. The molecular formula is C27H28ClF3N4. The average Bonchev–Trinajstić information content (AvgIpc) is 3.46. The van der Waals surface area contributed by atoms with Crippen molar-refractivity contribution in [2.45, 2.75) is 58.8 Å². The summed E-state index contributed by atoms with van der Waals surface area (Å²) in [6, 6.07) is 14.6. The van der Waals surface area contributed by atoms with Crippen LogP contribution in [0.4, 0.5) is 13.2 Å². The molecule has 5 rings (SSSR count). The van der Waals surface area contributed by atoms with Gasteiger partial charge in [-0.15, -0.1) is 0 Å². The standard InChI is InChI=1S/C27H28ClF3N4/c1-17-12-18(2)24(19(3)13-17)35-25(28)22(34-16-23(27(29,30)31)32-26(34)35)15-33-11-7-10-21(33)14-20-8-5-4-6-9-20/h4-6,8-9,12-13,16,21H,7,10-11,14-15H2,1-3H3. The molecule has 0 N–H and O–H groups in total. The van der Waals surface area contributed by atoms with Crippen molar-refractivity contribution in [1.29, 1.82) is 0 Å². The fourth-order valence-corrected chi connectivity index (χ4v) is 5.77. The molecule has 0 spiro atoms. The zero-order valence-corrected chi connectivity index (χ0v) is 20.8. The number of hydrogen-bond donors (Lipinski definition) is 0. The molecule has 4 nitrogen and oxygen atoms in total. The largest absolute Gasteiger partial charge is 0.434 e. The van der Waals surface area contributed by atoms with Crippen molar-refractivity contribution in [2.24, 2.45) is 0 Å². The summed E-state index contributed by atoms with van der Waals surface area (Å²) in [4.78, 5) is 6.34. The minimum atomic E-state index is -4.54. The van der Waals surface area contributed by atoms with E-state index in [1.165, 1.54) is 9.96 Å². The van der Waals surface area contributed by atoms with E-state index in [4.69, 9.17) is 11.6 Å². The number of likely N-dealkylation sites (tertiary alicyclic amines) is 1. The molecule has 0 saturated carbocycles. The van der Waals surface area contributed by atoms with E-state index in [9.17, 15) is 13.2 Å². The summed E-state index contributed by atoms with van der Waals surface area (Å²) >= 11 is 6.96.